The lowest BCUT2D eigenvalue weighted by Crippen LogP contribution is -2.34. The zero-order valence-electron chi connectivity index (χ0n) is 36.5. The molecular formula is C48H44F3N9O6. The molecule has 1 atom stereocenters. The minimum atomic E-state index is -4.72. The quantitative estimate of drug-likeness (QED) is 0.0916. The van der Waals surface area contributed by atoms with Gasteiger partial charge in [-0.2, -0.15) is 13.2 Å². The highest BCUT2D eigenvalue weighted by atomic mass is 19.4. The fourth-order valence-electron chi connectivity index (χ4n) is 7.69. The van der Waals surface area contributed by atoms with E-state index in [2.05, 4.69) is 41.5 Å². The van der Waals surface area contributed by atoms with Crippen molar-refractivity contribution in [1.82, 2.24) is 20.2 Å². The third kappa shape index (κ3) is 10.1. The highest BCUT2D eigenvalue weighted by molar-refractivity contribution is 6.08. The summed E-state index contributed by atoms with van der Waals surface area (Å²) in [6.45, 7) is 8.26. The molecule has 1 aliphatic rings. The number of nitrogens with zero attached hydrogens (tertiary/aromatic N) is 5. The topological polar surface area (TPSA) is 188 Å². The Labute approximate surface area is 376 Å². The van der Waals surface area contributed by atoms with Crippen LogP contribution in [0.15, 0.2) is 106 Å². The molecule has 1 fully saturated rings. The number of anilines is 5. The number of carbonyl (C=O) groups excluding carboxylic acids is 4. The Balaban J connectivity index is 0.923. The van der Waals surface area contributed by atoms with E-state index in [1.807, 2.05) is 43.1 Å². The molecule has 1 saturated heterocycles. The lowest BCUT2D eigenvalue weighted by molar-refractivity contribution is -0.137. The molecule has 18 heteroatoms. The van der Waals surface area contributed by atoms with Crippen LogP contribution in [-0.2, 0) is 12.7 Å². The van der Waals surface area contributed by atoms with Gasteiger partial charge in [0.05, 0.1) is 11.1 Å². The van der Waals surface area contributed by atoms with Gasteiger partial charge >= 0.3 is 6.18 Å². The van der Waals surface area contributed by atoms with Crippen molar-refractivity contribution < 1.29 is 41.4 Å². The summed E-state index contributed by atoms with van der Waals surface area (Å²) >= 11 is 0. The molecule has 4 aromatic carbocycles. The van der Waals surface area contributed by atoms with E-state index in [1.54, 1.807) is 57.2 Å². The van der Waals surface area contributed by atoms with Crippen LogP contribution in [0.4, 0.5) is 41.6 Å². The fraction of sp³-hybridized carbons (Fsp3) is 0.229. The van der Waals surface area contributed by atoms with Crippen molar-refractivity contribution in [2.45, 2.75) is 52.9 Å². The molecule has 8 rings (SSSR count). The molecule has 15 nitrogen and oxygen atoms in total. The number of hydrogen-bond acceptors (Lipinski definition) is 11. The molecule has 1 unspecified atom stereocenters. The average Bonchev–Trinajstić information content (AvgIpc) is 4.07. The summed E-state index contributed by atoms with van der Waals surface area (Å²) in [5, 5.41) is 19.4. The van der Waals surface area contributed by atoms with Gasteiger partial charge < -0.3 is 35.2 Å². The van der Waals surface area contributed by atoms with Gasteiger partial charge in [0.2, 0.25) is 0 Å². The van der Waals surface area contributed by atoms with Crippen LogP contribution in [0.5, 0.6) is 0 Å². The van der Waals surface area contributed by atoms with Gasteiger partial charge in [-0.1, -0.05) is 40.6 Å². The highest BCUT2D eigenvalue weighted by Gasteiger charge is 2.34. The maximum absolute atomic E-state index is 14.3. The zero-order valence-corrected chi connectivity index (χ0v) is 36.5. The van der Waals surface area contributed by atoms with Gasteiger partial charge in [-0.3, -0.25) is 24.1 Å². The molecule has 0 aliphatic carbocycles. The lowest BCUT2D eigenvalue weighted by Gasteiger charge is -2.26. The summed E-state index contributed by atoms with van der Waals surface area (Å²) in [5.74, 6) is -1.22. The van der Waals surface area contributed by atoms with Crippen molar-refractivity contribution in [3.63, 3.8) is 0 Å². The zero-order chi connectivity index (χ0) is 46.9. The molecule has 66 heavy (non-hydrogen) atoms. The molecule has 4 heterocycles. The predicted octanol–water partition coefficient (Wildman–Crippen LogP) is 9.18. The second kappa shape index (κ2) is 18.3. The number of halogens is 3. The van der Waals surface area contributed by atoms with E-state index in [0.29, 0.717) is 65.7 Å². The number of carbonyl (C=O) groups is 4. The summed E-state index contributed by atoms with van der Waals surface area (Å²) in [6, 6.07) is 25.3. The summed E-state index contributed by atoms with van der Waals surface area (Å²) in [5.41, 5.74) is 4.10. The number of amides is 4. The first-order valence-corrected chi connectivity index (χ1v) is 20.9. The van der Waals surface area contributed by atoms with Gasteiger partial charge in [-0.15, -0.1) is 0 Å². The Bertz CT molecular complexity index is 3020. The van der Waals surface area contributed by atoms with Gasteiger partial charge in [0, 0.05) is 77.2 Å². The Morgan fingerprint density at radius 2 is 1.29 bits per heavy atom. The van der Waals surface area contributed by atoms with Crippen molar-refractivity contribution in [3.05, 3.63) is 153 Å². The number of aryl methyl sites for hydroxylation is 4. The second-order valence-corrected chi connectivity index (χ2v) is 16.3. The number of likely N-dealkylation sites (N-methyl/N-ethyl adjacent to an activating group) is 1. The van der Waals surface area contributed by atoms with Crippen LogP contribution in [0.2, 0.25) is 0 Å². The molecule has 7 aromatic rings. The number of aromatic nitrogens is 3. The summed E-state index contributed by atoms with van der Waals surface area (Å²) in [6.07, 6.45) is -4.07. The van der Waals surface area contributed by atoms with Gasteiger partial charge in [0.15, 0.2) is 11.4 Å². The van der Waals surface area contributed by atoms with E-state index in [4.69, 9.17) is 9.05 Å². The number of fused-ring (bicyclic) bond motifs is 1. The molecule has 1 aliphatic heterocycles. The van der Waals surface area contributed by atoms with Crippen LogP contribution in [0.25, 0.3) is 10.9 Å². The smallest absolute Gasteiger partial charge is 0.370 e. The van der Waals surface area contributed by atoms with Crippen molar-refractivity contribution in [2.24, 2.45) is 0 Å². The Morgan fingerprint density at radius 3 is 1.86 bits per heavy atom. The largest absolute Gasteiger partial charge is 0.416 e. The molecule has 0 spiro atoms. The SMILES string of the molecule is Cc1cc(C(=O)Nc2cc(NC(=O)c3cc(N4CCC(N(C)Cc5cccc6nc(C(=O)Nc7ccc(C)c(NC(=O)c8cc(C)on8)c7)ccc56)C4)cc(C(F)(F)F)c3)ccc2C)no1. The third-order valence-corrected chi connectivity index (χ3v) is 11.3. The first-order chi connectivity index (χ1) is 31.5. The molecule has 338 valence electrons. The summed E-state index contributed by atoms with van der Waals surface area (Å²) < 4.78 is 52.8. The van der Waals surface area contributed by atoms with E-state index in [9.17, 15) is 32.3 Å². The van der Waals surface area contributed by atoms with Gasteiger partial charge in [0.1, 0.15) is 17.2 Å². The molecule has 4 amide bonds. The first-order valence-electron chi connectivity index (χ1n) is 20.9. The number of nitrogens with one attached hydrogen (secondary N) is 4. The van der Waals surface area contributed by atoms with Crippen LogP contribution in [-0.4, -0.2) is 70.0 Å². The molecule has 0 saturated carbocycles. The minimum absolute atomic E-state index is 0.0447. The lowest BCUT2D eigenvalue weighted by atomic mass is 10.1. The number of alkyl halides is 3. The van der Waals surface area contributed by atoms with Gasteiger partial charge in [-0.25, -0.2) is 4.98 Å². The van der Waals surface area contributed by atoms with E-state index < -0.39 is 35.4 Å². The van der Waals surface area contributed by atoms with Gasteiger partial charge in [0.25, 0.3) is 23.6 Å². The van der Waals surface area contributed by atoms with Gasteiger partial charge in [-0.05, 0) is 112 Å². The average molecular weight is 900 g/mol. The highest BCUT2D eigenvalue weighted by Crippen LogP contribution is 2.35. The Kier molecular flexibility index (Phi) is 12.4. The van der Waals surface area contributed by atoms with Crippen molar-refractivity contribution >= 4 is 63.0 Å². The number of benzene rings is 4. The standard InChI is InChI=1S/C48H44F3N9O6/c1-26-9-11-33(22-40(26)55-46(63)42-17-28(3)65-57-42)52-44(61)31-19-32(48(49,50)51)21-36(20-31)60-16-15-35(25-60)59(5)24-30-7-6-8-38-37(30)13-14-39(54-38)45(62)53-34-12-10-27(2)41(23-34)56-47(64)43-18-29(4)66-58-43/h6-14,17-23,35H,15-16,24-25H2,1-5H3,(H,52,61)(H,53,62)(H,55,63)(H,56,64). The van der Waals surface area contributed by atoms with Crippen LogP contribution < -0.4 is 26.2 Å². The predicted molar refractivity (Wildman–Crippen MR) is 242 cm³/mol. The van der Waals surface area contributed by atoms with Crippen LogP contribution >= 0.6 is 0 Å². The normalized spacial score (nSPS) is 13.8. The van der Waals surface area contributed by atoms with Crippen molar-refractivity contribution in [2.75, 3.05) is 46.3 Å². The second-order valence-electron chi connectivity index (χ2n) is 16.3. The number of hydrogen-bond donors (Lipinski definition) is 4. The van der Waals surface area contributed by atoms with Crippen LogP contribution in [0.3, 0.4) is 0 Å². The van der Waals surface area contributed by atoms with Crippen LogP contribution in [0.1, 0.15) is 82.0 Å². The van der Waals surface area contributed by atoms with E-state index in [1.165, 1.54) is 24.3 Å². The van der Waals surface area contributed by atoms with Crippen LogP contribution in [0, 0.1) is 27.7 Å². The monoisotopic (exact) mass is 899 g/mol. The molecule has 3 aromatic heterocycles. The van der Waals surface area contributed by atoms with Crippen molar-refractivity contribution in [1.29, 1.82) is 0 Å². The molecule has 4 N–H and O–H groups in total. The fourth-order valence-corrected chi connectivity index (χ4v) is 7.69. The molecule has 0 bridgehead atoms. The van der Waals surface area contributed by atoms with Crippen molar-refractivity contribution in [3.8, 4) is 0 Å². The number of pyridine rings is 1. The summed E-state index contributed by atoms with van der Waals surface area (Å²) in [4.78, 5) is 61.0. The van der Waals surface area contributed by atoms with E-state index >= 15 is 0 Å². The first kappa shape index (κ1) is 44.7. The molecule has 0 radical (unpaired) electrons. The third-order valence-electron chi connectivity index (χ3n) is 11.3. The minimum Gasteiger partial charge on any atom is -0.370 e. The molecular weight excluding hydrogens is 856 g/mol. The van der Waals surface area contributed by atoms with E-state index in [-0.39, 0.29) is 40.1 Å². The maximum Gasteiger partial charge on any atom is 0.416 e. The van der Waals surface area contributed by atoms with E-state index in [0.717, 1.165) is 28.6 Å². The maximum atomic E-state index is 14.3. The Morgan fingerprint density at radius 1 is 0.697 bits per heavy atom. The number of rotatable bonds is 12. The summed E-state index contributed by atoms with van der Waals surface area (Å²) in [7, 11) is 1.95. The Hall–Kier alpha value is -7.86.